The maximum absolute atomic E-state index is 13.1. The molecular weight excluding hydrogens is 354 g/mol. The second kappa shape index (κ2) is 7.06. The first-order valence-corrected chi connectivity index (χ1v) is 8.50. The lowest BCUT2D eigenvalue weighted by atomic mass is 9.98. The highest BCUT2D eigenvalue weighted by Gasteiger charge is 2.46. The molecule has 1 aromatic heterocycles. The maximum Gasteiger partial charge on any atom is 0.280 e. The summed E-state index contributed by atoms with van der Waals surface area (Å²) in [5.41, 5.74) is 0.848. The van der Waals surface area contributed by atoms with Gasteiger partial charge in [0.25, 0.3) is 6.43 Å². The van der Waals surface area contributed by atoms with Gasteiger partial charge in [-0.25, -0.2) is 8.78 Å². The molecule has 1 aliphatic rings. The molecule has 1 amide bonds. The number of nitrogens with zero attached hydrogens (tertiary/aromatic N) is 2. The summed E-state index contributed by atoms with van der Waals surface area (Å²) in [5.74, 6) is 0.255. The van der Waals surface area contributed by atoms with Gasteiger partial charge in [-0.2, -0.15) is 0 Å². The van der Waals surface area contributed by atoms with Gasteiger partial charge >= 0.3 is 0 Å². The fourth-order valence-corrected chi connectivity index (χ4v) is 2.96. The van der Waals surface area contributed by atoms with E-state index < -0.39 is 12.1 Å². The number of pyridine rings is 1. The number of rotatable bonds is 6. The van der Waals surface area contributed by atoms with Gasteiger partial charge in [0.2, 0.25) is 5.91 Å². The Bertz CT molecular complexity index is 895. The molecule has 1 heterocycles. The molecule has 0 bridgehead atoms. The third kappa shape index (κ3) is 3.54. The first-order chi connectivity index (χ1) is 12.8. The molecule has 1 fully saturated rings. The minimum absolute atomic E-state index is 0.0118. The van der Waals surface area contributed by atoms with E-state index in [2.05, 4.69) is 4.98 Å². The van der Waals surface area contributed by atoms with Gasteiger partial charge < -0.3 is 9.64 Å². The molecule has 0 unspecified atom stereocenters. The zero-order valence-corrected chi connectivity index (χ0v) is 15.3. The maximum atomic E-state index is 13.1. The van der Waals surface area contributed by atoms with E-state index in [4.69, 9.17) is 4.74 Å². The number of ether oxygens (including phenoxy) is 1. The number of hydrogen-bond donors (Lipinski definition) is 0. The molecule has 0 saturated heterocycles. The van der Waals surface area contributed by atoms with Crippen molar-refractivity contribution in [1.29, 1.82) is 0 Å². The highest BCUT2D eigenvalue weighted by atomic mass is 19.3. The second-order valence-electron chi connectivity index (χ2n) is 6.92. The van der Waals surface area contributed by atoms with Gasteiger partial charge in [0.15, 0.2) is 6.29 Å². The molecule has 5 nitrogen and oxygen atoms in total. The van der Waals surface area contributed by atoms with Crippen LogP contribution in [-0.2, 0) is 4.79 Å². The lowest BCUT2D eigenvalue weighted by Gasteiger charge is -2.22. The van der Waals surface area contributed by atoms with Gasteiger partial charge in [0.1, 0.15) is 11.4 Å². The number of methoxy groups -OCH3 is 1. The number of alkyl halides is 2. The lowest BCUT2D eigenvalue weighted by Crippen LogP contribution is -2.32. The summed E-state index contributed by atoms with van der Waals surface area (Å²) in [4.78, 5) is 29.4. The zero-order valence-electron chi connectivity index (χ0n) is 15.3. The summed E-state index contributed by atoms with van der Waals surface area (Å²) in [5, 5.41) is 0. The van der Waals surface area contributed by atoms with Crippen LogP contribution in [0.3, 0.4) is 0 Å². The minimum atomic E-state index is -2.75. The average molecular weight is 374 g/mol. The van der Waals surface area contributed by atoms with E-state index in [9.17, 15) is 18.4 Å². The Morgan fingerprint density at radius 1 is 1.30 bits per heavy atom. The molecule has 0 radical (unpaired) electrons. The first-order valence-electron chi connectivity index (χ1n) is 8.50. The van der Waals surface area contributed by atoms with E-state index in [-0.39, 0.29) is 17.1 Å². The molecule has 1 aromatic carbocycles. The lowest BCUT2D eigenvalue weighted by molar-refractivity contribution is -0.122. The third-order valence-electron chi connectivity index (χ3n) is 4.99. The summed E-state index contributed by atoms with van der Waals surface area (Å²) < 4.78 is 31.5. The SMILES string of the molecule is COc1cnc(C(F)F)cc1-c1cc(N(C)C(=O)C2(C)CC2)ccc1C=O. The molecule has 2 aromatic rings. The number of hydrogen-bond acceptors (Lipinski definition) is 4. The van der Waals surface area contributed by atoms with Crippen LogP contribution >= 0.6 is 0 Å². The van der Waals surface area contributed by atoms with Crippen molar-refractivity contribution in [2.45, 2.75) is 26.2 Å². The highest BCUT2D eigenvalue weighted by molar-refractivity contribution is 6.00. The van der Waals surface area contributed by atoms with E-state index in [0.717, 1.165) is 12.8 Å². The molecular formula is C20H20F2N2O3. The molecule has 3 rings (SSSR count). The van der Waals surface area contributed by atoms with Gasteiger partial charge in [-0.3, -0.25) is 14.6 Å². The van der Waals surface area contributed by atoms with Gasteiger partial charge in [-0.15, -0.1) is 0 Å². The van der Waals surface area contributed by atoms with Gasteiger partial charge in [0.05, 0.1) is 13.3 Å². The molecule has 142 valence electrons. The van der Waals surface area contributed by atoms with Crippen molar-refractivity contribution in [3.8, 4) is 16.9 Å². The Labute approximate surface area is 156 Å². The Morgan fingerprint density at radius 2 is 2.00 bits per heavy atom. The predicted octanol–water partition coefficient (Wildman–Crippen LogP) is 4.27. The van der Waals surface area contributed by atoms with Crippen molar-refractivity contribution >= 4 is 17.9 Å². The van der Waals surface area contributed by atoms with Crippen LogP contribution in [0.4, 0.5) is 14.5 Å². The smallest absolute Gasteiger partial charge is 0.280 e. The van der Waals surface area contributed by atoms with Crippen LogP contribution in [0.25, 0.3) is 11.1 Å². The van der Waals surface area contributed by atoms with Gasteiger partial charge in [-0.05, 0) is 42.7 Å². The summed E-state index contributed by atoms with van der Waals surface area (Å²) in [6, 6.07) is 6.08. The number of carbonyl (C=O) groups is 2. The van der Waals surface area contributed by atoms with Gasteiger partial charge in [0, 0.05) is 29.3 Å². The fourth-order valence-electron chi connectivity index (χ4n) is 2.96. The Hall–Kier alpha value is -2.83. The molecule has 1 saturated carbocycles. The van der Waals surface area contributed by atoms with E-state index in [0.29, 0.717) is 28.7 Å². The van der Waals surface area contributed by atoms with Crippen LogP contribution < -0.4 is 9.64 Å². The summed E-state index contributed by atoms with van der Waals surface area (Å²) >= 11 is 0. The van der Waals surface area contributed by atoms with Gasteiger partial charge in [-0.1, -0.05) is 6.92 Å². The topological polar surface area (TPSA) is 59.5 Å². The normalized spacial score (nSPS) is 14.7. The Morgan fingerprint density at radius 3 is 2.56 bits per heavy atom. The van der Waals surface area contributed by atoms with Crippen LogP contribution in [0, 0.1) is 5.41 Å². The second-order valence-corrected chi connectivity index (χ2v) is 6.92. The average Bonchev–Trinajstić information content (AvgIpc) is 3.44. The van der Waals surface area contributed by atoms with Crippen molar-refractivity contribution in [2.24, 2.45) is 5.41 Å². The molecule has 0 N–H and O–H groups in total. The van der Waals surface area contributed by atoms with Crippen LogP contribution in [0.2, 0.25) is 0 Å². The largest absolute Gasteiger partial charge is 0.494 e. The Balaban J connectivity index is 2.11. The number of amides is 1. The monoisotopic (exact) mass is 374 g/mol. The summed E-state index contributed by atoms with van der Waals surface area (Å²) in [6.45, 7) is 1.91. The molecule has 7 heteroatoms. The van der Waals surface area contributed by atoms with Crippen LogP contribution in [0.5, 0.6) is 5.75 Å². The van der Waals surface area contributed by atoms with E-state index in [1.165, 1.54) is 24.3 Å². The van der Waals surface area contributed by atoms with Crippen LogP contribution in [-0.4, -0.2) is 31.3 Å². The van der Waals surface area contributed by atoms with E-state index >= 15 is 0 Å². The number of aldehydes is 1. The summed E-state index contributed by atoms with van der Waals surface area (Å²) in [7, 11) is 3.07. The van der Waals surface area contributed by atoms with Crippen molar-refractivity contribution in [1.82, 2.24) is 4.98 Å². The predicted molar refractivity (Wildman–Crippen MR) is 97.3 cm³/mol. The number of anilines is 1. The van der Waals surface area contributed by atoms with E-state index in [1.54, 1.807) is 25.2 Å². The van der Waals surface area contributed by atoms with Crippen molar-refractivity contribution in [3.05, 3.63) is 41.7 Å². The minimum Gasteiger partial charge on any atom is -0.494 e. The summed E-state index contributed by atoms with van der Waals surface area (Å²) in [6.07, 6.45) is 0.775. The molecule has 0 aliphatic heterocycles. The number of carbonyl (C=O) groups excluding carboxylic acids is 2. The molecule has 0 atom stereocenters. The van der Waals surface area contributed by atoms with Crippen LogP contribution in [0.1, 0.15) is 42.2 Å². The third-order valence-corrected chi connectivity index (χ3v) is 4.99. The molecule has 0 spiro atoms. The zero-order chi connectivity index (χ0) is 19.8. The highest BCUT2D eigenvalue weighted by Crippen LogP contribution is 2.47. The molecule has 27 heavy (non-hydrogen) atoms. The standard InChI is InChI=1S/C20H20F2N2O3/c1-20(6-7-20)19(26)24(2)13-5-4-12(11-25)14(8-13)15-9-16(18(21)22)23-10-17(15)27-3/h4-5,8-11,18H,6-7H2,1-3H3. The quantitative estimate of drug-likeness (QED) is 0.709. The van der Waals surface area contributed by atoms with Crippen molar-refractivity contribution < 1.29 is 23.1 Å². The van der Waals surface area contributed by atoms with Crippen molar-refractivity contribution in [2.75, 3.05) is 19.1 Å². The van der Waals surface area contributed by atoms with Crippen molar-refractivity contribution in [3.63, 3.8) is 0 Å². The Kier molecular flexibility index (Phi) is 4.95. The molecule has 1 aliphatic carbocycles. The van der Waals surface area contributed by atoms with E-state index in [1.807, 2.05) is 6.92 Å². The number of halogens is 2. The first kappa shape index (κ1) is 18.9. The fraction of sp³-hybridized carbons (Fsp3) is 0.350. The number of aromatic nitrogens is 1. The number of benzene rings is 1. The van der Waals surface area contributed by atoms with Crippen LogP contribution in [0.15, 0.2) is 30.5 Å².